The first-order chi connectivity index (χ1) is 9.39. The van der Waals surface area contributed by atoms with Crippen LogP contribution in [-0.2, 0) is 19.6 Å². The second-order valence-corrected chi connectivity index (χ2v) is 6.22. The van der Waals surface area contributed by atoms with Crippen LogP contribution in [-0.4, -0.2) is 25.1 Å². The van der Waals surface area contributed by atoms with Crippen molar-refractivity contribution in [3.05, 3.63) is 35.4 Å². The number of aromatic nitrogens is 4. The van der Waals surface area contributed by atoms with E-state index >= 15 is 0 Å². The van der Waals surface area contributed by atoms with Gasteiger partial charge in [0, 0.05) is 41.6 Å². The van der Waals surface area contributed by atoms with Gasteiger partial charge >= 0.3 is 0 Å². The number of nitrogens with zero attached hydrogens (tertiary/aromatic N) is 4. The molecule has 0 bridgehead atoms. The lowest BCUT2D eigenvalue weighted by molar-refractivity contribution is 0.423. The summed E-state index contributed by atoms with van der Waals surface area (Å²) in [5, 5.41) is 12.3. The number of hydrogen-bond donors (Lipinski definition) is 1. The molecule has 0 fully saturated rings. The van der Waals surface area contributed by atoms with Crippen LogP contribution in [0.5, 0.6) is 0 Å². The van der Waals surface area contributed by atoms with Crippen molar-refractivity contribution in [3.8, 4) is 0 Å². The maximum absolute atomic E-state index is 4.49. The second kappa shape index (κ2) is 5.79. The summed E-state index contributed by atoms with van der Waals surface area (Å²) in [7, 11) is 0. The maximum atomic E-state index is 4.49. The zero-order chi connectivity index (χ0) is 14.8. The van der Waals surface area contributed by atoms with Gasteiger partial charge in [0.2, 0.25) is 0 Å². The second-order valence-electron chi connectivity index (χ2n) is 6.22. The molecule has 0 aliphatic carbocycles. The minimum atomic E-state index is 0.122. The van der Waals surface area contributed by atoms with E-state index in [1.807, 2.05) is 21.8 Å². The Morgan fingerprint density at radius 2 is 1.95 bits per heavy atom. The Balaban J connectivity index is 2.04. The smallest absolute Gasteiger partial charge is 0.0693 e. The highest BCUT2D eigenvalue weighted by Gasteiger charge is 2.12. The Kier molecular flexibility index (Phi) is 4.28. The Morgan fingerprint density at radius 3 is 2.55 bits per heavy atom. The van der Waals surface area contributed by atoms with Gasteiger partial charge in [0.15, 0.2) is 0 Å². The number of nitrogens with one attached hydrogen (secondary N) is 1. The molecule has 2 rings (SSSR count). The van der Waals surface area contributed by atoms with Gasteiger partial charge in [0.25, 0.3) is 0 Å². The average Bonchev–Trinajstić information content (AvgIpc) is 2.95. The monoisotopic (exact) mass is 275 g/mol. The van der Waals surface area contributed by atoms with Crippen molar-refractivity contribution < 1.29 is 0 Å². The molecular weight excluding hydrogens is 250 g/mol. The van der Waals surface area contributed by atoms with E-state index in [4.69, 9.17) is 0 Å². The Bertz CT molecular complexity index is 559. The Labute approximate surface area is 121 Å². The summed E-state index contributed by atoms with van der Waals surface area (Å²) in [5.74, 6) is 0. The van der Waals surface area contributed by atoms with Crippen LogP contribution in [0, 0.1) is 6.92 Å². The molecule has 2 aromatic heterocycles. The van der Waals surface area contributed by atoms with Crippen LogP contribution < -0.4 is 5.32 Å². The van der Waals surface area contributed by atoms with Crippen LogP contribution in [0.25, 0.3) is 0 Å². The molecule has 0 aliphatic heterocycles. The molecule has 0 saturated heterocycles. The molecule has 2 heterocycles. The zero-order valence-corrected chi connectivity index (χ0v) is 13.1. The van der Waals surface area contributed by atoms with Gasteiger partial charge in [-0.1, -0.05) is 0 Å². The number of hydrogen-bond acceptors (Lipinski definition) is 3. The van der Waals surface area contributed by atoms with Gasteiger partial charge in [0.1, 0.15) is 0 Å². The third-order valence-electron chi connectivity index (χ3n) is 3.36. The van der Waals surface area contributed by atoms with Gasteiger partial charge in [-0.05, 0) is 34.6 Å². The van der Waals surface area contributed by atoms with Crippen LogP contribution in [0.2, 0.25) is 0 Å². The van der Waals surface area contributed by atoms with Crippen molar-refractivity contribution in [1.82, 2.24) is 24.9 Å². The van der Waals surface area contributed by atoms with Gasteiger partial charge in [0.05, 0.1) is 18.9 Å². The van der Waals surface area contributed by atoms with Gasteiger partial charge in [-0.15, -0.1) is 0 Å². The zero-order valence-electron chi connectivity index (χ0n) is 13.1. The van der Waals surface area contributed by atoms with Gasteiger partial charge < -0.3 is 5.32 Å². The lowest BCUT2D eigenvalue weighted by atomic mass is 10.1. The molecule has 5 nitrogen and oxygen atoms in total. The molecule has 0 unspecified atom stereocenters. The van der Waals surface area contributed by atoms with E-state index in [0.717, 1.165) is 19.6 Å². The predicted molar refractivity (Wildman–Crippen MR) is 80.6 cm³/mol. The molecular formula is C15H25N5. The van der Waals surface area contributed by atoms with E-state index in [0.29, 0.717) is 0 Å². The summed E-state index contributed by atoms with van der Waals surface area (Å²) in [5.41, 5.74) is 3.78. The molecule has 0 amide bonds. The highest BCUT2D eigenvalue weighted by Crippen LogP contribution is 2.11. The van der Waals surface area contributed by atoms with Crippen molar-refractivity contribution in [2.45, 2.75) is 59.8 Å². The average molecular weight is 275 g/mol. The third kappa shape index (κ3) is 3.70. The van der Waals surface area contributed by atoms with E-state index < -0.39 is 0 Å². The summed E-state index contributed by atoms with van der Waals surface area (Å²) >= 11 is 0. The first-order valence-corrected chi connectivity index (χ1v) is 7.16. The van der Waals surface area contributed by atoms with Crippen LogP contribution in [0.1, 0.15) is 44.5 Å². The van der Waals surface area contributed by atoms with Gasteiger partial charge in [-0.3, -0.25) is 9.36 Å². The minimum absolute atomic E-state index is 0.122. The van der Waals surface area contributed by atoms with Crippen LogP contribution in [0.3, 0.4) is 0 Å². The fourth-order valence-electron chi connectivity index (χ4n) is 2.01. The topological polar surface area (TPSA) is 47.7 Å². The lowest BCUT2D eigenvalue weighted by Crippen LogP contribution is -2.35. The normalized spacial score (nSPS) is 12.1. The van der Waals surface area contributed by atoms with Gasteiger partial charge in [-0.2, -0.15) is 10.2 Å². The third-order valence-corrected chi connectivity index (χ3v) is 3.36. The van der Waals surface area contributed by atoms with Crippen LogP contribution in [0.4, 0.5) is 0 Å². The van der Waals surface area contributed by atoms with Crippen LogP contribution >= 0.6 is 0 Å². The predicted octanol–water partition coefficient (Wildman–Crippen LogP) is 2.34. The van der Waals surface area contributed by atoms with Crippen LogP contribution in [0.15, 0.2) is 18.6 Å². The van der Waals surface area contributed by atoms with Crippen molar-refractivity contribution in [3.63, 3.8) is 0 Å². The minimum Gasteiger partial charge on any atom is -0.308 e. The fourth-order valence-corrected chi connectivity index (χ4v) is 2.01. The molecule has 0 atom stereocenters. The Morgan fingerprint density at radius 1 is 1.20 bits per heavy atom. The standard InChI is InChI=1S/C15H25N5/c1-6-19-10-13(7-17-19)11-20-12(2)14(9-18-20)8-16-15(3,4)5/h7,9-10,16H,6,8,11H2,1-5H3. The first-order valence-electron chi connectivity index (χ1n) is 7.16. The summed E-state index contributed by atoms with van der Waals surface area (Å²) < 4.78 is 3.98. The van der Waals surface area contributed by atoms with E-state index in [2.05, 4.69) is 56.3 Å². The van der Waals surface area contributed by atoms with Gasteiger partial charge in [-0.25, -0.2) is 0 Å². The summed E-state index contributed by atoms with van der Waals surface area (Å²) in [4.78, 5) is 0. The van der Waals surface area contributed by atoms with E-state index in [1.54, 1.807) is 0 Å². The van der Waals surface area contributed by atoms with Crippen molar-refractivity contribution >= 4 is 0 Å². The SMILES string of the molecule is CCn1cc(Cn2ncc(CNC(C)(C)C)c2C)cn1. The molecule has 0 aliphatic rings. The number of aryl methyl sites for hydroxylation is 1. The molecule has 20 heavy (non-hydrogen) atoms. The first kappa shape index (κ1) is 14.8. The fraction of sp³-hybridized carbons (Fsp3) is 0.600. The molecule has 5 heteroatoms. The highest BCUT2D eigenvalue weighted by atomic mass is 15.3. The van der Waals surface area contributed by atoms with Crippen molar-refractivity contribution in [2.24, 2.45) is 0 Å². The molecule has 0 radical (unpaired) electrons. The van der Waals surface area contributed by atoms with Crippen molar-refractivity contribution in [1.29, 1.82) is 0 Å². The Hall–Kier alpha value is -1.62. The molecule has 110 valence electrons. The summed E-state index contributed by atoms with van der Waals surface area (Å²) in [6.07, 6.45) is 5.95. The largest absolute Gasteiger partial charge is 0.308 e. The molecule has 0 spiro atoms. The van der Waals surface area contributed by atoms with Crippen molar-refractivity contribution in [2.75, 3.05) is 0 Å². The highest BCUT2D eigenvalue weighted by molar-refractivity contribution is 5.18. The number of rotatable bonds is 5. The summed E-state index contributed by atoms with van der Waals surface area (Å²) in [6, 6.07) is 0. The van der Waals surface area contributed by atoms with E-state index in [9.17, 15) is 0 Å². The molecule has 0 saturated carbocycles. The molecule has 2 aromatic rings. The molecule has 1 N–H and O–H groups in total. The van der Waals surface area contributed by atoms with E-state index in [-0.39, 0.29) is 5.54 Å². The molecule has 0 aromatic carbocycles. The maximum Gasteiger partial charge on any atom is 0.0693 e. The summed E-state index contributed by atoms with van der Waals surface area (Å²) in [6.45, 7) is 13.3. The van der Waals surface area contributed by atoms with E-state index in [1.165, 1.54) is 16.8 Å². The lowest BCUT2D eigenvalue weighted by Gasteiger charge is -2.20. The quantitative estimate of drug-likeness (QED) is 0.911.